The van der Waals surface area contributed by atoms with Gasteiger partial charge in [-0.05, 0) is 31.2 Å². The van der Waals surface area contributed by atoms with Gasteiger partial charge in [0.1, 0.15) is 5.82 Å². The summed E-state index contributed by atoms with van der Waals surface area (Å²) in [7, 11) is -3.65. The van der Waals surface area contributed by atoms with Crippen LogP contribution in [0.2, 0.25) is 0 Å². The van der Waals surface area contributed by atoms with Crippen LogP contribution in [0.5, 0.6) is 0 Å². The van der Waals surface area contributed by atoms with E-state index in [-0.39, 0.29) is 23.9 Å². The first kappa shape index (κ1) is 15.9. The van der Waals surface area contributed by atoms with E-state index >= 15 is 0 Å². The van der Waals surface area contributed by atoms with Crippen LogP contribution < -0.4 is 5.73 Å². The van der Waals surface area contributed by atoms with Crippen molar-refractivity contribution in [2.45, 2.75) is 17.9 Å². The number of piperazine rings is 1. The molecule has 1 heterocycles. The smallest absolute Gasteiger partial charge is 0.243 e. The standard InChI is InChI=1S/C13H18FN3O3S/c1-10(15)13(18)16-6-8-17(9-7-16)21(19,20)12-4-2-11(14)3-5-12/h2-5,10H,6-9,15H2,1H3/t10-/m1/s1. The molecule has 116 valence electrons. The number of nitrogens with zero attached hydrogens (tertiary/aromatic N) is 2. The number of hydrogen-bond donors (Lipinski definition) is 1. The summed E-state index contributed by atoms with van der Waals surface area (Å²) in [5, 5.41) is 0. The average Bonchev–Trinajstić information content (AvgIpc) is 2.47. The summed E-state index contributed by atoms with van der Waals surface area (Å²) in [4.78, 5) is 13.4. The molecule has 1 aliphatic rings. The van der Waals surface area contributed by atoms with Gasteiger partial charge in [-0.2, -0.15) is 4.31 Å². The Hall–Kier alpha value is -1.51. The fourth-order valence-electron chi connectivity index (χ4n) is 2.19. The second-order valence-corrected chi connectivity index (χ2v) is 6.91. The van der Waals surface area contributed by atoms with E-state index < -0.39 is 21.9 Å². The van der Waals surface area contributed by atoms with Crippen molar-refractivity contribution in [2.24, 2.45) is 5.73 Å². The van der Waals surface area contributed by atoms with E-state index in [0.717, 1.165) is 12.1 Å². The van der Waals surface area contributed by atoms with Crippen LogP contribution in [0.1, 0.15) is 6.92 Å². The van der Waals surface area contributed by atoms with Crippen molar-refractivity contribution in [2.75, 3.05) is 26.2 Å². The highest BCUT2D eigenvalue weighted by molar-refractivity contribution is 7.89. The van der Waals surface area contributed by atoms with E-state index in [1.807, 2.05) is 0 Å². The van der Waals surface area contributed by atoms with Gasteiger partial charge in [-0.25, -0.2) is 12.8 Å². The number of rotatable bonds is 3. The van der Waals surface area contributed by atoms with Crippen LogP contribution in [-0.4, -0.2) is 55.8 Å². The first-order valence-electron chi connectivity index (χ1n) is 6.62. The summed E-state index contributed by atoms with van der Waals surface area (Å²) >= 11 is 0. The molecule has 1 aromatic carbocycles. The Morgan fingerprint density at radius 1 is 1.19 bits per heavy atom. The summed E-state index contributed by atoms with van der Waals surface area (Å²) in [5.41, 5.74) is 5.53. The van der Waals surface area contributed by atoms with E-state index in [1.54, 1.807) is 11.8 Å². The fourth-order valence-corrected chi connectivity index (χ4v) is 3.61. The third-order valence-electron chi connectivity index (χ3n) is 3.39. The first-order valence-corrected chi connectivity index (χ1v) is 8.06. The Morgan fingerprint density at radius 2 is 1.71 bits per heavy atom. The zero-order chi connectivity index (χ0) is 15.6. The lowest BCUT2D eigenvalue weighted by Crippen LogP contribution is -2.53. The van der Waals surface area contributed by atoms with Gasteiger partial charge in [0.2, 0.25) is 15.9 Å². The molecular formula is C13H18FN3O3S. The minimum atomic E-state index is -3.65. The van der Waals surface area contributed by atoms with Crippen molar-refractivity contribution in [3.05, 3.63) is 30.1 Å². The van der Waals surface area contributed by atoms with Gasteiger partial charge in [-0.3, -0.25) is 4.79 Å². The molecule has 1 amide bonds. The summed E-state index contributed by atoms with van der Waals surface area (Å²) in [6.07, 6.45) is 0. The topological polar surface area (TPSA) is 83.7 Å². The lowest BCUT2D eigenvalue weighted by Gasteiger charge is -2.34. The van der Waals surface area contributed by atoms with Gasteiger partial charge in [-0.15, -0.1) is 0 Å². The van der Waals surface area contributed by atoms with Crippen LogP contribution in [-0.2, 0) is 14.8 Å². The van der Waals surface area contributed by atoms with Crippen molar-refractivity contribution < 1.29 is 17.6 Å². The van der Waals surface area contributed by atoms with Crippen LogP contribution >= 0.6 is 0 Å². The maximum atomic E-state index is 12.9. The molecule has 1 aliphatic heterocycles. The van der Waals surface area contributed by atoms with Crippen LogP contribution in [0.3, 0.4) is 0 Å². The third kappa shape index (κ3) is 3.39. The molecule has 2 N–H and O–H groups in total. The fraction of sp³-hybridized carbons (Fsp3) is 0.462. The maximum absolute atomic E-state index is 12.9. The van der Waals surface area contributed by atoms with E-state index in [2.05, 4.69) is 0 Å². The highest BCUT2D eigenvalue weighted by Crippen LogP contribution is 2.18. The Labute approximate surface area is 123 Å². The first-order chi connectivity index (χ1) is 9.82. The van der Waals surface area contributed by atoms with Gasteiger partial charge in [-0.1, -0.05) is 0 Å². The Bertz CT molecular complexity index is 608. The average molecular weight is 315 g/mol. The highest BCUT2D eigenvalue weighted by atomic mass is 32.2. The van der Waals surface area contributed by atoms with Gasteiger partial charge >= 0.3 is 0 Å². The molecule has 1 aromatic rings. The third-order valence-corrected chi connectivity index (χ3v) is 5.30. The number of amides is 1. The van der Waals surface area contributed by atoms with Gasteiger partial charge < -0.3 is 10.6 Å². The molecule has 0 saturated carbocycles. The molecule has 1 atom stereocenters. The van der Waals surface area contributed by atoms with Crippen LogP contribution in [0.4, 0.5) is 4.39 Å². The molecule has 0 unspecified atom stereocenters. The van der Waals surface area contributed by atoms with Crippen molar-refractivity contribution in [3.8, 4) is 0 Å². The largest absolute Gasteiger partial charge is 0.339 e. The predicted octanol–water partition coefficient (Wildman–Crippen LogP) is 0.00580. The zero-order valence-corrected chi connectivity index (χ0v) is 12.5. The summed E-state index contributed by atoms with van der Waals surface area (Å²) in [6.45, 7) is 2.63. The normalized spacial score (nSPS) is 18.5. The highest BCUT2D eigenvalue weighted by Gasteiger charge is 2.30. The predicted molar refractivity (Wildman–Crippen MR) is 75.4 cm³/mol. The van der Waals surface area contributed by atoms with Crippen molar-refractivity contribution in [3.63, 3.8) is 0 Å². The molecule has 0 aromatic heterocycles. The number of nitrogens with two attached hydrogens (primary N) is 1. The Balaban J connectivity index is 2.07. The lowest BCUT2D eigenvalue weighted by atomic mass is 10.2. The summed E-state index contributed by atoms with van der Waals surface area (Å²) in [6, 6.07) is 4.12. The molecule has 6 nitrogen and oxygen atoms in total. The van der Waals surface area contributed by atoms with Crippen molar-refractivity contribution in [1.29, 1.82) is 0 Å². The van der Waals surface area contributed by atoms with Crippen LogP contribution in [0.25, 0.3) is 0 Å². The van der Waals surface area contributed by atoms with Gasteiger partial charge in [0, 0.05) is 26.2 Å². The van der Waals surface area contributed by atoms with Gasteiger partial charge in [0.15, 0.2) is 0 Å². The molecule has 0 aliphatic carbocycles. The minimum Gasteiger partial charge on any atom is -0.339 e. The molecular weight excluding hydrogens is 297 g/mol. The van der Waals surface area contributed by atoms with E-state index in [1.165, 1.54) is 16.4 Å². The van der Waals surface area contributed by atoms with E-state index in [0.29, 0.717) is 13.1 Å². The lowest BCUT2D eigenvalue weighted by molar-refractivity contribution is -0.133. The van der Waals surface area contributed by atoms with Crippen molar-refractivity contribution in [1.82, 2.24) is 9.21 Å². The van der Waals surface area contributed by atoms with Gasteiger partial charge in [0.25, 0.3) is 0 Å². The molecule has 8 heteroatoms. The number of carbonyl (C=O) groups is 1. The quantitative estimate of drug-likeness (QED) is 0.851. The minimum absolute atomic E-state index is 0.0517. The van der Waals surface area contributed by atoms with Crippen molar-refractivity contribution >= 4 is 15.9 Å². The second-order valence-electron chi connectivity index (χ2n) is 4.97. The zero-order valence-electron chi connectivity index (χ0n) is 11.7. The Morgan fingerprint density at radius 3 is 2.19 bits per heavy atom. The van der Waals surface area contributed by atoms with Crippen LogP contribution in [0, 0.1) is 5.82 Å². The number of benzene rings is 1. The molecule has 1 fully saturated rings. The van der Waals surface area contributed by atoms with E-state index in [4.69, 9.17) is 5.73 Å². The van der Waals surface area contributed by atoms with E-state index in [9.17, 15) is 17.6 Å². The van der Waals surface area contributed by atoms with Crippen LogP contribution in [0.15, 0.2) is 29.2 Å². The Kier molecular flexibility index (Phi) is 4.60. The van der Waals surface area contributed by atoms with Gasteiger partial charge in [0.05, 0.1) is 10.9 Å². The number of carbonyl (C=O) groups excluding carboxylic acids is 1. The number of halogens is 1. The summed E-state index contributed by atoms with van der Waals surface area (Å²) < 4.78 is 38.9. The second kappa shape index (κ2) is 6.08. The maximum Gasteiger partial charge on any atom is 0.243 e. The number of sulfonamides is 1. The molecule has 0 spiro atoms. The molecule has 2 rings (SSSR count). The molecule has 0 radical (unpaired) electrons. The SMILES string of the molecule is C[C@@H](N)C(=O)N1CCN(S(=O)(=O)c2ccc(F)cc2)CC1. The molecule has 0 bridgehead atoms. The number of hydrogen-bond acceptors (Lipinski definition) is 4. The monoisotopic (exact) mass is 315 g/mol. The molecule has 21 heavy (non-hydrogen) atoms. The summed E-state index contributed by atoms with van der Waals surface area (Å²) in [5.74, 6) is -0.671. The molecule has 1 saturated heterocycles.